The minimum atomic E-state index is -3.62. The van der Waals surface area contributed by atoms with Crippen molar-refractivity contribution in [1.29, 1.82) is 0 Å². The van der Waals surface area contributed by atoms with Crippen molar-refractivity contribution in [1.82, 2.24) is 9.88 Å². The van der Waals surface area contributed by atoms with Gasteiger partial charge in [-0.25, -0.2) is 13.6 Å². The average Bonchev–Trinajstić information content (AvgIpc) is 2.02. The van der Waals surface area contributed by atoms with E-state index in [2.05, 4.69) is 4.98 Å². The van der Waals surface area contributed by atoms with Crippen LogP contribution >= 0.6 is 0 Å². The number of hydrogen-bond acceptors (Lipinski definition) is 4. The first-order valence-corrected chi connectivity index (χ1v) is 5.56. The Labute approximate surface area is 83.6 Å². The van der Waals surface area contributed by atoms with Crippen LogP contribution in [0.15, 0.2) is 23.2 Å². The molecule has 1 heterocycles. The molecular weight excluding hydrogens is 202 g/mol. The number of rotatable bonds is 3. The lowest BCUT2D eigenvalue weighted by atomic mass is 10.3. The van der Waals surface area contributed by atoms with Crippen LogP contribution < -0.4 is 5.14 Å². The van der Waals surface area contributed by atoms with Crippen molar-refractivity contribution in [3.8, 4) is 0 Å². The minimum absolute atomic E-state index is 0.0417. The number of pyridine rings is 1. The second-order valence-electron chi connectivity index (χ2n) is 3.27. The molecule has 0 aliphatic carbocycles. The van der Waals surface area contributed by atoms with Crippen LogP contribution in [0.4, 0.5) is 0 Å². The molecule has 0 aliphatic rings. The van der Waals surface area contributed by atoms with Crippen LogP contribution in [0.25, 0.3) is 0 Å². The summed E-state index contributed by atoms with van der Waals surface area (Å²) in [4.78, 5) is 5.97. The molecule has 0 fully saturated rings. The van der Waals surface area contributed by atoms with E-state index >= 15 is 0 Å². The van der Waals surface area contributed by atoms with Crippen molar-refractivity contribution in [3.05, 3.63) is 24.0 Å². The highest BCUT2D eigenvalue weighted by Crippen LogP contribution is 2.06. The Balaban J connectivity index is 2.90. The van der Waals surface area contributed by atoms with Gasteiger partial charge in [0.05, 0.1) is 5.69 Å². The summed E-state index contributed by atoms with van der Waals surface area (Å²) in [6.45, 7) is 0.672. The summed E-state index contributed by atoms with van der Waals surface area (Å²) >= 11 is 0. The third kappa shape index (κ3) is 3.06. The maximum absolute atomic E-state index is 10.9. The number of nitrogens with two attached hydrogens (primary N) is 1. The standard InChI is InChI=1S/C8H13N3O2S/c1-11(2)6-7-3-4-8(5-10-7)14(9,12)13/h3-5H,6H2,1-2H3,(H2,9,12,13). The molecule has 6 heteroatoms. The molecule has 1 rings (SSSR count). The summed E-state index contributed by atoms with van der Waals surface area (Å²) in [6.07, 6.45) is 1.27. The fourth-order valence-corrected chi connectivity index (χ4v) is 1.45. The third-order valence-corrected chi connectivity index (χ3v) is 2.50. The molecule has 0 aliphatic heterocycles. The molecule has 78 valence electrons. The van der Waals surface area contributed by atoms with Crippen molar-refractivity contribution in [2.45, 2.75) is 11.4 Å². The molecule has 1 aromatic heterocycles. The molecule has 5 nitrogen and oxygen atoms in total. The lowest BCUT2D eigenvalue weighted by Crippen LogP contribution is -2.14. The molecule has 14 heavy (non-hydrogen) atoms. The second kappa shape index (κ2) is 4.04. The molecule has 0 radical (unpaired) electrons. The normalized spacial score (nSPS) is 12.0. The lowest BCUT2D eigenvalue weighted by Gasteiger charge is -2.08. The van der Waals surface area contributed by atoms with Gasteiger partial charge in [-0.1, -0.05) is 0 Å². The van der Waals surface area contributed by atoms with Gasteiger partial charge in [0.25, 0.3) is 0 Å². The average molecular weight is 215 g/mol. The van der Waals surface area contributed by atoms with E-state index in [1.165, 1.54) is 12.3 Å². The fraction of sp³-hybridized carbons (Fsp3) is 0.375. The first-order valence-electron chi connectivity index (χ1n) is 4.02. The van der Waals surface area contributed by atoms with E-state index in [0.717, 1.165) is 5.69 Å². The van der Waals surface area contributed by atoms with Crippen LogP contribution in [0.2, 0.25) is 0 Å². The Morgan fingerprint density at radius 2 is 2.07 bits per heavy atom. The molecule has 1 aromatic rings. The first-order chi connectivity index (χ1) is 6.39. The molecule has 0 amide bonds. The summed E-state index contributed by atoms with van der Waals surface area (Å²) in [5.41, 5.74) is 0.808. The SMILES string of the molecule is CN(C)Cc1ccc(S(N)(=O)=O)cn1. The van der Waals surface area contributed by atoms with E-state index in [1.807, 2.05) is 19.0 Å². The Hall–Kier alpha value is -0.980. The van der Waals surface area contributed by atoms with Crippen molar-refractivity contribution in [3.63, 3.8) is 0 Å². The minimum Gasteiger partial charge on any atom is -0.304 e. The van der Waals surface area contributed by atoms with E-state index < -0.39 is 10.0 Å². The lowest BCUT2D eigenvalue weighted by molar-refractivity contribution is 0.396. The Bertz CT molecular complexity index is 397. The van der Waals surface area contributed by atoms with Gasteiger partial charge in [-0.05, 0) is 26.2 Å². The molecule has 0 saturated heterocycles. The molecule has 0 spiro atoms. The van der Waals surface area contributed by atoms with E-state index in [4.69, 9.17) is 5.14 Å². The van der Waals surface area contributed by atoms with Crippen LogP contribution in [0.5, 0.6) is 0 Å². The maximum Gasteiger partial charge on any atom is 0.239 e. The second-order valence-corrected chi connectivity index (χ2v) is 4.83. The predicted octanol–water partition coefficient (Wildman–Crippen LogP) is -0.209. The van der Waals surface area contributed by atoms with E-state index in [1.54, 1.807) is 6.07 Å². The summed E-state index contributed by atoms with van der Waals surface area (Å²) in [5, 5.41) is 4.93. The fourth-order valence-electron chi connectivity index (χ4n) is 0.997. The highest BCUT2D eigenvalue weighted by Gasteiger charge is 2.07. The van der Waals surface area contributed by atoms with Gasteiger partial charge in [-0.3, -0.25) is 4.98 Å². The zero-order valence-electron chi connectivity index (χ0n) is 8.14. The highest BCUT2D eigenvalue weighted by molar-refractivity contribution is 7.89. The predicted molar refractivity (Wildman–Crippen MR) is 53.0 cm³/mol. The topological polar surface area (TPSA) is 76.3 Å². The number of nitrogens with zero attached hydrogens (tertiary/aromatic N) is 2. The van der Waals surface area contributed by atoms with Gasteiger partial charge in [0.15, 0.2) is 0 Å². The summed E-state index contributed by atoms with van der Waals surface area (Å²) < 4.78 is 21.8. The van der Waals surface area contributed by atoms with Crippen molar-refractivity contribution in [2.75, 3.05) is 14.1 Å². The highest BCUT2D eigenvalue weighted by atomic mass is 32.2. The van der Waals surface area contributed by atoms with Crippen molar-refractivity contribution >= 4 is 10.0 Å². The zero-order valence-corrected chi connectivity index (χ0v) is 8.95. The molecule has 0 atom stereocenters. The van der Waals surface area contributed by atoms with Crippen LogP contribution in [-0.4, -0.2) is 32.4 Å². The maximum atomic E-state index is 10.9. The van der Waals surface area contributed by atoms with Gasteiger partial charge in [0, 0.05) is 12.7 Å². The molecule has 0 aromatic carbocycles. The quantitative estimate of drug-likeness (QED) is 0.757. The largest absolute Gasteiger partial charge is 0.304 e. The Morgan fingerprint density at radius 3 is 2.43 bits per heavy atom. The van der Waals surface area contributed by atoms with Crippen LogP contribution in [0, 0.1) is 0 Å². The molecule has 0 saturated carbocycles. The summed E-state index contributed by atoms with van der Waals surface area (Å²) in [5.74, 6) is 0. The smallest absolute Gasteiger partial charge is 0.239 e. The van der Waals surface area contributed by atoms with Crippen LogP contribution in [0.1, 0.15) is 5.69 Å². The van der Waals surface area contributed by atoms with Gasteiger partial charge in [-0.15, -0.1) is 0 Å². The number of primary sulfonamides is 1. The van der Waals surface area contributed by atoms with Gasteiger partial charge >= 0.3 is 0 Å². The molecule has 0 bridgehead atoms. The van der Waals surface area contributed by atoms with Gasteiger partial charge < -0.3 is 4.90 Å². The first kappa shape index (κ1) is 11.1. The number of aromatic nitrogens is 1. The van der Waals surface area contributed by atoms with Crippen LogP contribution in [-0.2, 0) is 16.6 Å². The molecular formula is C8H13N3O2S. The summed E-state index contributed by atoms with van der Waals surface area (Å²) in [6, 6.07) is 3.11. The van der Waals surface area contributed by atoms with Gasteiger partial charge in [-0.2, -0.15) is 0 Å². The van der Waals surface area contributed by atoms with Gasteiger partial charge in [0.2, 0.25) is 10.0 Å². The van der Waals surface area contributed by atoms with E-state index in [9.17, 15) is 8.42 Å². The number of hydrogen-bond donors (Lipinski definition) is 1. The number of sulfonamides is 1. The van der Waals surface area contributed by atoms with E-state index in [0.29, 0.717) is 6.54 Å². The Morgan fingerprint density at radius 1 is 1.43 bits per heavy atom. The van der Waals surface area contributed by atoms with Crippen LogP contribution in [0.3, 0.4) is 0 Å². The molecule has 0 unspecified atom stereocenters. The van der Waals surface area contributed by atoms with Crippen molar-refractivity contribution in [2.24, 2.45) is 5.14 Å². The van der Waals surface area contributed by atoms with Crippen molar-refractivity contribution < 1.29 is 8.42 Å². The third-order valence-electron chi connectivity index (χ3n) is 1.60. The van der Waals surface area contributed by atoms with E-state index in [-0.39, 0.29) is 4.90 Å². The zero-order chi connectivity index (χ0) is 10.8. The molecule has 2 N–H and O–H groups in total. The Kier molecular flexibility index (Phi) is 3.20. The summed E-state index contributed by atoms with van der Waals surface area (Å²) in [7, 11) is 0.200. The monoisotopic (exact) mass is 215 g/mol. The van der Waals surface area contributed by atoms with Gasteiger partial charge in [0.1, 0.15) is 4.90 Å².